The summed E-state index contributed by atoms with van der Waals surface area (Å²) in [6.07, 6.45) is 7.29. The van der Waals surface area contributed by atoms with Crippen molar-refractivity contribution in [1.29, 1.82) is 0 Å². The maximum atomic E-state index is 12.1. The fourth-order valence-electron chi connectivity index (χ4n) is 3.10. The van der Waals surface area contributed by atoms with Crippen LogP contribution in [0.3, 0.4) is 0 Å². The number of carbonyl (C=O) groups excluding carboxylic acids is 2. The van der Waals surface area contributed by atoms with Gasteiger partial charge in [0.15, 0.2) is 0 Å². The monoisotopic (exact) mass is 299 g/mol. The summed E-state index contributed by atoms with van der Waals surface area (Å²) in [7, 11) is 1.40. The molecule has 1 aliphatic heterocycles. The van der Waals surface area contributed by atoms with Gasteiger partial charge in [-0.3, -0.25) is 4.79 Å². The van der Waals surface area contributed by atoms with E-state index in [1.54, 1.807) is 11.8 Å². The first-order chi connectivity index (χ1) is 10.1. The molecule has 1 rings (SSSR count). The van der Waals surface area contributed by atoms with Gasteiger partial charge in [-0.25, -0.2) is 4.79 Å². The lowest BCUT2D eigenvalue weighted by atomic mass is 9.91. The number of piperidine rings is 1. The van der Waals surface area contributed by atoms with Gasteiger partial charge in [0, 0.05) is 12.1 Å². The Morgan fingerprint density at radius 2 is 1.86 bits per heavy atom. The lowest BCUT2D eigenvalue weighted by Gasteiger charge is -2.41. The van der Waals surface area contributed by atoms with Crippen molar-refractivity contribution < 1.29 is 19.1 Å². The Balaban J connectivity index is 2.70. The van der Waals surface area contributed by atoms with Crippen molar-refractivity contribution in [2.24, 2.45) is 0 Å². The smallest absolute Gasteiger partial charge is 0.409 e. The summed E-state index contributed by atoms with van der Waals surface area (Å²) in [6, 6.07) is 0.106. The standard InChI is InChI=1S/C16H29NO4/c1-4-6-7-9-13-10-8-11-14(12-15(18)21-5-2)17(13)16(19)20-3/h13-14H,4-12H2,1-3H3/t13-,14-/m1/s1. The fraction of sp³-hybridized carbons (Fsp3) is 0.875. The number of ether oxygens (including phenoxy) is 2. The zero-order valence-corrected chi connectivity index (χ0v) is 13.6. The van der Waals surface area contributed by atoms with Gasteiger partial charge in [-0.05, 0) is 32.6 Å². The number of carbonyl (C=O) groups is 2. The van der Waals surface area contributed by atoms with Crippen LogP contribution in [0.15, 0.2) is 0 Å². The van der Waals surface area contributed by atoms with Gasteiger partial charge in [0.2, 0.25) is 0 Å². The van der Waals surface area contributed by atoms with Crippen LogP contribution in [-0.4, -0.2) is 42.8 Å². The first-order valence-corrected chi connectivity index (χ1v) is 8.15. The number of esters is 1. The highest BCUT2D eigenvalue weighted by molar-refractivity contribution is 5.73. The van der Waals surface area contributed by atoms with E-state index in [-0.39, 0.29) is 30.6 Å². The van der Waals surface area contributed by atoms with Crippen LogP contribution < -0.4 is 0 Å². The highest BCUT2D eigenvalue weighted by atomic mass is 16.5. The summed E-state index contributed by atoms with van der Waals surface area (Å²) in [4.78, 5) is 25.6. The summed E-state index contributed by atoms with van der Waals surface area (Å²) in [5.74, 6) is -0.231. The summed E-state index contributed by atoms with van der Waals surface area (Å²) in [6.45, 7) is 4.34. The van der Waals surface area contributed by atoms with Crippen LogP contribution in [0.25, 0.3) is 0 Å². The highest BCUT2D eigenvalue weighted by Crippen LogP contribution is 2.29. The van der Waals surface area contributed by atoms with Crippen molar-refractivity contribution in [2.75, 3.05) is 13.7 Å². The lowest BCUT2D eigenvalue weighted by Crippen LogP contribution is -2.50. The van der Waals surface area contributed by atoms with E-state index < -0.39 is 0 Å². The third-order valence-corrected chi connectivity index (χ3v) is 4.10. The number of hydrogen-bond acceptors (Lipinski definition) is 4. The number of likely N-dealkylation sites (tertiary alicyclic amines) is 1. The molecule has 1 fully saturated rings. The van der Waals surface area contributed by atoms with Gasteiger partial charge in [0.25, 0.3) is 0 Å². The molecule has 1 heterocycles. The van der Waals surface area contributed by atoms with Crippen LogP contribution in [0.2, 0.25) is 0 Å². The highest BCUT2D eigenvalue weighted by Gasteiger charge is 2.35. The second kappa shape index (κ2) is 9.64. The Kier molecular flexibility index (Phi) is 8.16. The quantitative estimate of drug-likeness (QED) is 0.533. The maximum absolute atomic E-state index is 12.1. The molecule has 0 spiro atoms. The van der Waals surface area contributed by atoms with Crippen molar-refractivity contribution >= 4 is 12.1 Å². The van der Waals surface area contributed by atoms with Gasteiger partial charge in [-0.2, -0.15) is 0 Å². The van der Waals surface area contributed by atoms with Crippen LogP contribution in [0.5, 0.6) is 0 Å². The van der Waals surface area contributed by atoms with Gasteiger partial charge >= 0.3 is 12.1 Å². The molecule has 0 bridgehead atoms. The summed E-state index contributed by atoms with van der Waals surface area (Å²) in [5, 5.41) is 0. The van der Waals surface area contributed by atoms with E-state index in [2.05, 4.69) is 6.92 Å². The number of unbranched alkanes of at least 4 members (excludes halogenated alkanes) is 2. The van der Waals surface area contributed by atoms with Crippen LogP contribution in [-0.2, 0) is 14.3 Å². The van der Waals surface area contributed by atoms with E-state index in [9.17, 15) is 9.59 Å². The van der Waals surface area contributed by atoms with E-state index in [1.807, 2.05) is 0 Å². The van der Waals surface area contributed by atoms with E-state index in [1.165, 1.54) is 13.5 Å². The van der Waals surface area contributed by atoms with Gasteiger partial charge in [-0.15, -0.1) is 0 Å². The van der Waals surface area contributed by atoms with Gasteiger partial charge in [0.05, 0.1) is 20.1 Å². The van der Waals surface area contributed by atoms with E-state index in [0.717, 1.165) is 38.5 Å². The molecule has 0 N–H and O–H groups in total. The molecule has 2 atom stereocenters. The lowest BCUT2D eigenvalue weighted by molar-refractivity contribution is -0.144. The van der Waals surface area contributed by atoms with Crippen molar-refractivity contribution in [2.45, 2.75) is 77.3 Å². The topological polar surface area (TPSA) is 55.8 Å². The van der Waals surface area contributed by atoms with E-state index >= 15 is 0 Å². The Bertz CT molecular complexity index is 332. The van der Waals surface area contributed by atoms with Crippen LogP contribution in [0, 0.1) is 0 Å². The second-order valence-corrected chi connectivity index (χ2v) is 5.62. The third-order valence-electron chi connectivity index (χ3n) is 4.10. The molecule has 0 aliphatic carbocycles. The minimum Gasteiger partial charge on any atom is -0.466 e. The van der Waals surface area contributed by atoms with Crippen molar-refractivity contribution in [3.8, 4) is 0 Å². The zero-order valence-electron chi connectivity index (χ0n) is 13.6. The minimum atomic E-state index is -0.314. The average molecular weight is 299 g/mol. The molecular weight excluding hydrogens is 270 g/mol. The SMILES string of the molecule is CCCCC[C@@H]1CCC[C@H](CC(=O)OCC)N1C(=O)OC. The Morgan fingerprint density at radius 1 is 1.14 bits per heavy atom. The molecular formula is C16H29NO4. The Morgan fingerprint density at radius 3 is 2.48 bits per heavy atom. The average Bonchev–Trinajstić information content (AvgIpc) is 2.47. The molecule has 0 saturated carbocycles. The first kappa shape index (κ1) is 17.8. The van der Waals surface area contributed by atoms with Crippen LogP contribution in [0.1, 0.15) is 65.2 Å². The van der Waals surface area contributed by atoms with Crippen molar-refractivity contribution in [3.05, 3.63) is 0 Å². The molecule has 0 aromatic carbocycles. The molecule has 1 aliphatic rings. The first-order valence-electron chi connectivity index (χ1n) is 8.15. The van der Waals surface area contributed by atoms with Crippen LogP contribution >= 0.6 is 0 Å². The Hall–Kier alpha value is -1.26. The minimum absolute atomic E-state index is 0.0862. The van der Waals surface area contributed by atoms with E-state index in [0.29, 0.717) is 6.61 Å². The largest absolute Gasteiger partial charge is 0.466 e. The molecule has 0 radical (unpaired) electrons. The number of hydrogen-bond donors (Lipinski definition) is 0. The predicted molar refractivity (Wildman–Crippen MR) is 81.1 cm³/mol. The molecule has 0 aromatic heterocycles. The van der Waals surface area contributed by atoms with Gasteiger partial charge in [0.1, 0.15) is 0 Å². The Labute approximate surface area is 128 Å². The summed E-state index contributed by atoms with van der Waals surface area (Å²) >= 11 is 0. The van der Waals surface area contributed by atoms with Crippen LogP contribution in [0.4, 0.5) is 4.79 Å². The van der Waals surface area contributed by atoms with Crippen molar-refractivity contribution in [1.82, 2.24) is 4.90 Å². The van der Waals surface area contributed by atoms with E-state index in [4.69, 9.17) is 9.47 Å². The predicted octanol–water partition coefficient (Wildman–Crippen LogP) is 3.51. The third kappa shape index (κ3) is 5.56. The molecule has 21 heavy (non-hydrogen) atoms. The molecule has 5 heteroatoms. The zero-order chi connectivity index (χ0) is 15.7. The molecule has 1 saturated heterocycles. The fourth-order valence-corrected chi connectivity index (χ4v) is 3.10. The molecule has 1 amide bonds. The van der Waals surface area contributed by atoms with Gasteiger partial charge in [-0.1, -0.05) is 26.2 Å². The summed E-state index contributed by atoms with van der Waals surface area (Å²) < 4.78 is 9.96. The van der Waals surface area contributed by atoms with Gasteiger partial charge < -0.3 is 14.4 Å². The number of methoxy groups -OCH3 is 1. The number of rotatable bonds is 7. The second-order valence-electron chi connectivity index (χ2n) is 5.62. The maximum Gasteiger partial charge on any atom is 0.409 e. The number of amides is 1. The molecule has 0 unspecified atom stereocenters. The molecule has 5 nitrogen and oxygen atoms in total. The number of nitrogens with zero attached hydrogens (tertiary/aromatic N) is 1. The molecule has 0 aromatic rings. The normalized spacial score (nSPS) is 22.0. The summed E-state index contributed by atoms with van der Waals surface area (Å²) in [5.41, 5.74) is 0. The van der Waals surface area contributed by atoms with Crippen molar-refractivity contribution in [3.63, 3.8) is 0 Å². The molecule has 122 valence electrons.